The molecule has 0 saturated heterocycles. The molecule has 6 heteroatoms. The van der Waals surface area contributed by atoms with E-state index in [1.165, 1.54) is 0 Å². The van der Waals surface area contributed by atoms with Crippen molar-refractivity contribution in [2.45, 2.75) is 0 Å². The fraction of sp³-hybridized carbons (Fsp3) is 0. The van der Waals surface area contributed by atoms with Crippen LogP contribution in [0.1, 0.15) is 54.9 Å². The van der Waals surface area contributed by atoms with Gasteiger partial charge in [-0.25, -0.2) is 9.97 Å². The van der Waals surface area contributed by atoms with Crippen LogP contribution in [0, 0.1) is 0 Å². The van der Waals surface area contributed by atoms with Crippen LogP contribution in [0.25, 0.3) is 215 Å². The maximum absolute atomic E-state index is 9.91. The minimum absolute atomic E-state index is 0.0722. The minimum Gasteiger partial charge on any atom is -0.455 e. The Kier molecular flexibility index (Phi) is 8.86. The highest BCUT2D eigenvalue weighted by atomic mass is 16.3. The molecule has 108 heavy (non-hydrogen) atoms. The van der Waals surface area contributed by atoms with Crippen molar-refractivity contribution in [3.63, 3.8) is 0 Å². The lowest BCUT2D eigenvalue weighted by Crippen LogP contribution is -1.93. The number of furan rings is 2. The molecular formula is C102H64N4O2. The molecule has 0 aliphatic carbocycles. The molecule has 0 saturated carbocycles. The largest absolute Gasteiger partial charge is 0.455 e. The van der Waals surface area contributed by atoms with Gasteiger partial charge >= 0.3 is 0 Å². The second kappa shape index (κ2) is 26.4. The quantitative estimate of drug-likeness (QED) is 0.0952. The van der Waals surface area contributed by atoms with Crippen molar-refractivity contribution in [2.75, 3.05) is 0 Å². The molecule has 0 atom stereocenters. The summed E-state index contributed by atoms with van der Waals surface area (Å²) in [6, 6.07) is 11.9. The highest BCUT2D eigenvalue weighted by molar-refractivity contribution is 6.18. The monoisotopic (exact) mass is 1410 g/mol. The van der Waals surface area contributed by atoms with Crippen molar-refractivity contribution in [1.82, 2.24) is 15.0 Å². The maximum Gasteiger partial charge on any atom is 0.143 e. The summed E-state index contributed by atoms with van der Waals surface area (Å²) in [5.41, 5.74) is 2.07. The molecule has 0 aliphatic rings. The zero-order valence-electron chi connectivity index (χ0n) is 91.9. The molecular weight excluding hydrogens is 1310 g/mol. The van der Waals surface area contributed by atoms with Crippen LogP contribution in [0.15, 0.2) is 378 Å². The predicted molar refractivity (Wildman–Crippen MR) is 454 cm³/mol. The first kappa shape index (κ1) is 36.3. The summed E-state index contributed by atoms with van der Waals surface area (Å²) in [5, 5.41) is -0.478. The molecule has 0 fully saturated rings. The summed E-state index contributed by atoms with van der Waals surface area (Å²) in [7, 11) is 0. The number of nitrogens with zero attached hydrogens (tertiary/aromatic N) is 4. The van der Waals surface area contributed by atoms with Crippen molar-refractivity contribution in [3.05, 3.63) is 369 Å². The summed E-state index contributed by atoms with van der Waals surface area (Å²) in [6.07, 6.45) is 3.31. The zero-order chi connectivity index (χ0) is 103. The summed E-state index contributed by atoms with van der Waals surface area (Å²) in [6.45, 7) is 7.63. The topological polar surface area (TPSA) is 77.3 Å². The Bertz CT molecular complexity index is 9510. The Morgan fingerprint density at radius 1 is 0.296 bits per heavy atom. The molecule has 0 spiro atoms. The summed E-state index contributed by atoms with van der Waals surface area (Å²) >= 11 is 0. The van der Waals surface area contributed by atoms with E-state index >= 15 is 0 Å². The molecule has 5 heterocycles. The molecule has 0 aliphatic heterocycles. The van der Waals surface area contributed by atoms with Gasteiger partial charge in [0.1, 0.15) is 23.0 Å². The third kappa shape index (κ3) is 10.6. The van der Waals surface area contributed by atoms with Crippen LogP contribution in [-0.2, 0) is 0 Å². The van der Waals surface area contributed by atoms with Crippen LogP contribution in [0.3, 0.4) is 0 Å². The molecule has 0 bridgehead atoms. The second-order valence-corrected chi connectivity index (χ2v) is 24.7. The Morgan fingerprint density at radius 2 is 0.685 bits per heavy atom. The summed E-state index contributed by atoms with van der Waals surface area (Å²) in [4.78, 5) is 19.0. The van der Waals surface area contributed by atoms with E-state index in [9.17, 15) is 15.1 Å². The number of hydrogen-bond donors (Lipinski definition) is 0. The van der Waals surface area contributed by atoms with Gasteiger partial charge in [-0.2, -0.15) is 0 Å². The Morgan fingerprint density at radius 3 is 1.21 bits per heavy atom. The lowest BCUT2D eigenvalue weighted by molar-refractivity contribution is 0.599. The fourth-order valence-corrected chi connectivity index (χ4v) is 14.1. The maximum atomic E-state index is 9.91. The minimum atomic E-state index is -0.897. The lowest BCUT2D eigenvalue weighted by atomic mass is 9.85. The van der Waals surface area contributed by atoms with Crippen molar-refractivity contribution < 1.29 is 58.2 Å². The van der Waals surface area contributed by atoms with Gasteiger partial charge in [0.2, 0.25) is 0 Å². The van der Waals surface area contributed by atoms with Crippen molar-refractivity contribution >= 4 is 127 Å². The number of aliphatic imine (C=N–C) groups is 1. The summed E-state index contributed by atoms with van der Waals surface area (Å²) in [5.74, 6) is -2.20. The Hall–Kier alpha value is -14.5. The fourth-order valence-electron chi connectivity index (χ4n) is 14.1. The van der Waals surface area contributed by atoms with Crippen LogP contribution in [0.5, 0.6) is 0 Å². The molecule has 0 amide bonds. The van der Waals surface area contributed by atoms with Gasteiger partial charge in [-0.3, -0.25) is 9.98 Å². The van der Waals surface area contributed by atoms with E-state index in [4.69, 9.17) is 53.1 Å². The molecule has 6 nitrogen and oxygen atoms in total. The van der Waals surface area contributed by atoms with Gasteiger partial charge in [0.15, 0.2) is 0 Å². The van der Waals surface area contributed by atoms with Gasteiger partial charge in [-0.15, -0.1) is 0 Å². The molecule has 21 aromatic rings. The number of rotatable bonds is 11. The number of benzene rings is 16. The number of aromatic nitrogens is 3. The Labute approximate surface area is 673 Å². The average molecular weight is 1410 g/mol. The molecule has 16 aromatic carbocycles. The van der Waals surface area contributed by atoms with E-state index in [2.05, 4.69) is 23.3 Å². The van der Waals surface area contributed by atoms with Gasteiger partial charge in [0, 0.05) is 78.0 Å². The SMILES string of the molecule is [2H]c1c(-c2c([2H])c([2H])c([2H])c3c([2H])c([2H])c([2H])c([2H])c23)oc(-c2c([2H])c([2H])c([2H])c3c([2H])c([2H])c([2H])c([2H])c23)c1-c1ccc(-c2ccc3ccc(C=C)c(N=C)c3n2)c2ccccc12.[2H]c1c([2H])c([2H])c2c(-c3oc(-c4c([2H])c([2H])c([2H])c5c([2H])c([2H])c([2H])c([2H])c45)c(-c4c([2H])c([2H])c([2H])c5c([2H])c([2H])c([2H])c([2H])c45)c3-c3ccc(-c4ccc5ccc6cccnc6c5n4)c4ccccc34)c([2H])c([2H])c([2H])c2c1[2H]. The van der Waals surface area contributed by atoms with Gasteiger partial charge in [-0.05, 0) is 123 Å². The molecule has 0 unspecified atom stereocenters. The van der Waals surface area contributed by atoms with E-state index in [0.717, 1.165) is 21.7 Å². The highest BCUT2D eigenvalue weighted by Gasteiger charge is 2.30. The first-order valence-electron chi connectivity index (χ1n) is 51.5. The van der Waals surface area contributed by atoms with E-state index in [-0.39, 0.29) is 49.7 Å². The second-order valence-electron chi connectivity index (χ2n) is 24.7. The normalized spacial score (nSPS) is 16.3. The van der Waals surface area contributed by atoms with Crippen molar-refractivity contribution in [3.8, 4) is 101 Å². The summed E-state index contributed by atoms with van der Waals surface area (Å²) < 4.78 is 339. The van der Waals surface area contributed by atoms with Crippen LogP contribution >= 0.6 is 0 Å². The van der Waals surface area contributed by atoms with Crippen LogP contribution in [0.4, 0.5) is 5.69 Å². The number of pyridine rings is 3. The predicted octanol–water partition coefficient (Wildman–Crippen LogP) is 28.3. The lowest BCUT2D eigenvalue weighted by Gasteiger charge is -2.16. The van der Waals surface area contributed by atoms with E-state index < -0.39 is 300 Å². The van der Waals surface area contributed by atoms with E-state index in [1.54, 1.807) is 91.1 Å². The highest BCUT2D eigenvalue weighted by Crippen LogP contribution is 2.54. The van der Waals surface area contributed by atoms with Crippen LogP contribution < -0.4 is 0 Å². The van der Waals surface area contributed by atoms with E-state index in [1.807, 2.05) is 54.6 Å². The molecule has 504 valence electrons. The van der Waals surface area contributed by atoms with Gasteiger partial charge < -0.3 is 8.83 Å². The Balaban J connectivity index is 0.000000180. The van der Waals surface area contributed by atoms with Gasteiger partial charge in [-0.1, -0.05) is 339 Å². The molecule has 21 rings (SSSR count). The standard InChI is InChI=1S/C56H34N2O.C46H30N2O/c1-4-20-40-35(13-1)16-9-25-46(40)51-52(56(49-27-11-18-37-15-3-6-22-42(37)49)59-55(51)48-26-10-17-36-14-2-5-21-41(36)48)47-32-31-45(43-23-7-8-24-44(43)47)50-33-30-39-29-28-38-19-12-34-57-53(38)54(39)58-50;1-3-29-22-23-32-24-27-42(48-45(32)44(29)47-2)38-26-25-37(35-18-8-9-19-36(35)38)41-28-43(39-20-10-14-30-12-4-6-16-33(30)39)49-46(41)40-21-11-15-31-13-5-7-17-34(31)40/h1-34H;3-28H,1-2H2/i1D,2D,3D,4D,5D,6D,9D,10D,11D,13D,14D,15D,16D,17D,18D,20D,21D,22D,25D,26D,27D;4D,5D,6D,7D,10D,11D,12D,13D,14D,15D,16D,17D,20D,21D,28D. The first-order valence-corrected chi connectivity index (χ1v) is 33.5. The average Bonchev–Trinajstić information content (AvgIpc) is 1.50. The number of hydrogen-bond acceptors (Lipinski definition) is 6. The van der Waals surface area contributed by atoms with Crippen LogP contribution in [0.2, 0.25) is 0 Å². The smallest absolute Gasteiger partial charge is 0.143 e. The van der Waals surface area contributed by atoms with E-state index in [0.29, 0.717) is 66.3 Å². The zero-order valence-corrected chi connectivity index (χ0v) is 55.9. The van der Waals surface area contributed by atoms with Gasteiger partial charge in [0.05, 0.1) is 83.0 Å². The first-order chi connectivity index (χ1) is 68.5. The van der Waals surface area contributed by atoms with Crippen molar-refractivity contribution in [2.24, 2.45) is 4.99 Å². The van der Waals surface area contributed by atoms with Crippen LogP contribution in [-0.4, -0.2) is 21.7 Å². The molecule has 5 aromatic heterocycles. The third-order valence-electron chi connectivity index (χ3n) is 18.9. The third-order valence-corrected chi connectivity index (χ3v) is 18.9. The van der Waals surface area contributed by atoms with Gasteiger partial charge in [0.25, 0.3) is 0 Å². The molecule has 0 radical (unpaired) electrons. The number of fused-ring (bicyclic) bond motifs is 11. The molecule has 0 N–H and O–H groups in total. The van der Waals surface area contributed by atoms with Crippen molar-refractivity contribution in [1.29, 1.82) is 0 Å².